The monoisotopic (exact) mass is 371 g/mol. The highest BCUT2D eigenvalue weighted by atomic mass is 35.5. The predicted octanol–water partition coefficient (Wildman–Crippen LogP) is 5.41. The van der Waals surface area contributed by atoms with Crippen LogP contribution in [-0.4, -0.2) is 29.6 Å². The Kier molecular flexibility index (Phi) is 4.73. The van der Waals surface area contributed by atoms with Crippen LogP contribution in [0.15, 0.2) is 59.0 Å². The third kappa shape index (κ3) is 3.42. The SMILES string of the molecule is O=C(c1cc2ccccc2o1)N1CCS[C@H](c2ccccc2Cl)CC1. The van der Waals surface area contributed by atoms with Crippen LogP contribution in [0, 0.1) is 0 Å². The number of thioether (sulfide) groups is 1. The summed E-state index contributed by atoms with van der Waals surface area (Å²) in [5.74, 6) is 1.28. The number of hydrogen-bond acceptors (Lipinski definition) is 3. The number of nitrogens with zero attached hydrogens (tertiary/aromatic N) is 1. The molecule has 1 aliphatic heterocycles. The maximum atomic E-state index is 12.8. The number of fused-ring (bicyclic) bond motifs is 1. The summed E-state index contributed by atoms with van der Waals surface area (Å²) in [7, 11) is 0. The number of rotatable bonds is 2. The first kappa shape index (κ1) is 16.6. The molecule has 0 N–H and O–H groups in total. The van der Waals surface area contributed by atoms with Crippen molar-refractivity contribution in [3.05, 3.63) is 70.9 Å². The first-order valence-electron chi connectivity index (χ1n) is 8.36. The van der Waals surface area contributed by atoms with Gasteiger partial charge >= 0.3 is 0 Å². The molecular weight excluding hydrogens is 354 g/mol. The van der Waals surface area contributed by atoms with Crippen molar-refractivity contribution >= 4 is 40.2 Å². The number of hydrogen-bond donors (Lipinski definition) is 0. The van der Waals surface area contributed by atoms with Gasteiger partial charge in [-0.25, -0.2) is 0 Å². The number of carbonyl (C=O) groups excluding carboxylic acids is 1. The van der Waals surface area contributed by atoms with Crippen LogP contribution in [0.25, 0.3) is 11.0 Å². The Morgan fingerprint density at radius 3 is 2.76 bits per heavy atom. The molecule has 1 aromatic heterocycles. The Balaban J connectivity index is 1.50. The van der Waals surface area contributed by atoms with Crippen LogP contribution >= 0.6 is 23.4 Å². The lowest BCUT2D eigenvalue weighted by molar-refractivity contribution is 0.0737. The summed E-state index contributed by atoms with van der Waals surface area (Å²) in [6, 6.07) is 17.5. The van der Waals surface area contributed by atoms with Crippen molar-refractivity contribution in [3.63, 3.8) is 0 Å². The molecule has 3 nitrogen and oxygen atoms in total. The third-order valence-corrected chi connectivity index (χ3v) is 6.17. The molecule has 0 bridgehead atoms. The van der Waals surface area contributed by atoms with Crippen molar-refractivity contribution in [3.8, 4) is 0 Å². The number of amides is 1. The van der Waals surface area contributed by atoms with E-state index in [2.05, 4.69) is 6.07 Å². The van der Waals surface area contributed by atoms with Crippen LogP contribution in [0.1, 0.15) is 27.8 Å². The van der Waals surface area contributed by atoms with Crippen molar-refractivity contribution in [1.29, 1.82) is 0 Å². The summed E-state index contributed by atoms with van der Waals surface area (Å²) in [5.41, 5.74) is 1.91. The molecule has 1 atom stereocenters. The Morgan fingerprint density at radius 1 is 1.12 bits per heavy atom. The van der Waals surface area contributed by atoms with Gasteiger partial charge in [-0.1, -0.05) is 48.0 Å². The summed E-state index contributed by atoms with van der Waals surface area (Å²) in [5, 5.41) is 2.09. The Bertz CT molecular complexity index is 874. The van der Waals surface area contributed by atoms with Gasteiger partial charge in [-0.05, 0) is 30.2 Å². The number of benzene rings is 2. The fraction of sp³-hybridized carbons (Fsp3) is 0.250. The average Bonchev–Trinajstić information content (AvgIpc) is 2.92. The van der Waals surface area contributed by atoms with Gasteiger partial charge < -0.3 is 9.32 Å². The summed E-state index contributed by atoms with van der Waals surface area (Å²) in [6.45, 7) is 1.43. The highest BCUT2D eigenvalue weighted by Crippen LogP contribution is 2.38. The van der Waals surface area contributed by atoms with Gasteiger partial charge in [-0.3, -0.25) is 4.79 Å². The van der Waals surface area contributed by atoms with Crippen molar-refractivity contribution in [2.24, 2.45) is 0 Å². The van der Waals surface area contributed by atoms with Gasteiger partial charge in [0.2, 0.25) is 0 Å². The zero-order chi connectivity index (χ0) is 17.2. The van der Waals surface area contributed by atoms with E-state index in [0.717, 1.165) is 40.3 Å². The number of halogens is 1. The highest BCUT2D eigenvalue weighted by molar-refractivity contribution is 7.99. The first-order chi connectivity index (χ1) is 12.2. The minimum atomic E-state index is -0.0309. The van der Waals surface area contributed by atoms with Crippen molar-refractivity contribution in [2.45, 2.75) is 11.7 Å². The number of furan rings is 1. The molecule has 1 aliphatic rings. The van der Waals surface area contributed by atoms with Gasteiger partial charge in [-0.2, -0.15) is 11.8 Å². The molecule has 0 spiro atoms. The molecule has 2 aromatic carbocycles. The fourth-order valence-corrected chi connectivity index (χ4v) is 4.80. The van der Waals surface area contributed by atoms with Gasteiger partial charge in [0.15, 0.2) is 5.76 Å². The summed E-state index contributed by atoms with van der Waals surface area (Å²) in [4.78, 5) is 14.7. The van der Waals surface area contributed by atoms with Crippen LogP contribution in [0.5, 0.6) is 0 Å². The second kappa shape index (κ2) is 7.14. The lowest BCUT2D eigenvalue weighted by Gasteiger charge is -2.19. The maximum absolute atomic E-state index is 12.8. The number of para-hydroxylation sites is 1. The topological polar surface area (TPSA) is 33.5 Å². The average molecular weight is 372 g/mol. The van der Waals surface area contributed by atoms with E-state index in [9.17, 15) is 4.79 Å². The molecule has 1 saturated heterocycles. The van der Waals surface area contributed by atoms with E-state index in [4.69, 9.17) is 16.0 Å². The zero-order valence-electron chi connectivity index (χ0n) is 13.7. The van der Waals surface area contributed by atoms with Gasteiger partial charge in [-0.15, -0.1) is 0 Å². The van der Waals surface area contributed by atoms with E-state index in [-0.39, 0.29) is 5.91 Å². The Hall–Kier alpha value is -1.91. The molecule has 3 aromatic rings. The Morgan fingerprint density at radius 2 is 1.92 bits per heavy atom. The molecule has 0 unspecified atom stereocenters. The van der Waals surface area contributed by atoms with Crippen LogP contribution in [0.2, 0.25) is 5.02 Å². The maximum Gasteiger partial charge on any atom is 0.289 e. The minimum Gasteiger partial charge on any atom is -0.451 e. The quantitative estimate of drug-likeness (QED) is 0.604. The van der Waals surface area contributed by atoms with Crippen LogP contribution in [0.3, 0.4) is 0 Å². The summed E-state index contributed by atoms with van der Waals surface area (Å²) >= 11 is 8.21. The summed E-state index contributed by atoms with van der Waals surface area (Å²) in [6.07, 6.45) is 0.889. The molecule has 0 aliphatic carbocycles. The molecule has 0 radical (unpaired) electrons. The zero-order valence-corrected chi connectivity index (χ0v) is 15.2. The second-order valence-electron chi connectivity index (χ2n) is 6.11. The summed E-state index contributed by atoms with van der Waals surface area (Å²) < 4.78 is 5.74. The lowest BCUT2D eigenvalue weighted by Crippen LogP contribution is -2.32. The van der Waals surface area contributed by atoms with Gasteiger partial charge in [0.05, 0.1) is 0 Å². The molecule has 0 saturated carbocycles. The van der Waals surface area contributed by atoms with E-state index in [1.54, 1.807) is 0 Å². The standard InChI is InChI=1S/C20H18ClNO2S/c21-16-7-3-2-6-15(16)19-9-10-22(11-12-25-19)20(23)18-13-14-5-1-4-8-17(14)24-18/h1-8,13,19H,9-12H2/t19-/m0/s1. The normalized spacial score (nSPS) is 18.3. The van der Waals surface area contributed by atoms with E-state index in [1.807, 2.05) is 65.2 Å². The molecule has 4 rings (SSSR count). The molecule has 1 fully saturated rings. The van der Waals surface area contributed by atoms with Crippen LogP contribution in [0.4, 0.5) is 0 Å². The van der Waals surface area contributed by atoms with Crippen LogP contribution < -0.4 is 0 Å². The molecular formula is C20H18ClNO2S. The largest absolute Gasteiger partial charge is 0.451 e. The van der Waals surface area contributed by atoms with Crippen LogP contribution in [-0.2, 0) is 0 Å². The Labute approximate surface area is 155 Å². The fourth-order valence-electron chi connectivity index (χ4n) is 3.20. The molecule has 25 heavy (non-hydrogen) atoms. The molecule has 128 valence electrons. The first-order valence-corrected chi connectivity index (χ1v) is 9.79. The lowest BCUT2D eigenvalue weighted by atomic mass is 10.1. The smallest absolute Gasteiger partial charge is 0.289 e. The minimum absolute atomic E-state index is 0.0309. The molecule has 5 heteroatoms. The second-order valence-corrected chi connectivity index (χ2v) is 7.83. The third-order valence-electron chi connectivity index (χ3n) is 4.52. The van der Waals surface area contributed by atoms with Gasteiger partial charge in [0, 0.05) is 34.5 Å². The van der Waals surface area contributed by atoms with Gasteiger partial charge in [0.25, 0.3) is 5.91 Å². The predicted molar refractivity (Wildman–Crippen MR) is 103 cm³/mol. The van der Waals surface area contributed by atoms with Gasteiger partial charge in [0.1, 0.15) is 5.58 Å². The molecule has 1 amide bonds. The van der Waals surface area contributed by atoms with E-state index in [0.29, 0.717) is 17.6 Å². The highest BCUT2D eigenvalue weighted by Gasteiger charge is 2.25. The van der Waals surface area contributed by atoms with E-state index in [1.165, 1.54) is 0 Å². The molecule has 2 heterocycles. The van der Waals surface area contributed by atoms with Crippen molar-refractivity contribution in [1.82, 2.24) is 4.90 Å². The van der Waals surface area contributed by atoms with E-state index < -0.39 is 0 Å². The van der Waals surface area contributed by atoms with Crippen molar-refractivity contribution in [2.75, 3.05) is 18.8 Å². The van der Waals surface area contributed by atoms with Crippen molar-refractivity contribution < 1.29 is 9.21 Å². The number of carbonyl (C=O) groups is 1. The van der Waals surface area contributed by atoms with E-state index >= 15 is 0 Å².